The summed E-state index contributed by atoms with van der Waals surface area (Å²) in [5, 5.41) is 5.04. The first-order chi connectivity index (χ1) is 9.42. The summed E-state index contributed by atoms with van der Waals surface area (Å²) < 4.78 is 0. The first-order valence-corrected chi connectivity index (χ1v) is 7.47. The van der Waals surface area contributed by atoms with Crippen LogP contribution in [0.4, 0.5) is 5.69 Å². The van der Waals surface area contributed by atoms with E-state index in [0.717, 1.165) is 5.56 Å². The predicted molar refractivity (Wildman–Crippen MR) is 85.3 cm³/mol. The summed E-state index contributed by atoms with van der Waals surface area (Å²) in [7, 11) is 0. The van der Waals surface area contributed by atoms with Gasteiger partial charge in [0.25, 0.3) is 5.91 Å². The molecule has 0 fully saturated rings. The molecule has 3 N–H and O–H groups in total. The molecule has 0 radical (unpaired) electrons. The molecule has 0 aliphatic heterocycles. The van der Waals surface area contributed by atoms with Crippen molar-refractivity contribution in [3.63, 3.8) is 0 Å². The van der Waals surface area contributed by atoms with Gasteiger partial charge in [-0.3, -0.25) is 4.79 Å². The molecule has 2 rings (SSSR count). The van der Waals surface area contributed by atoms with Crippen molar-refractivity contribution in [3.8, 4) is 0 Å². The molecule has 0 aliphatic carbocycles. The topological polar surface area (TPSA) is 55.1 Å². The van der Waals surface area contributed by atoms with Crippen LogP contribution in [0, 0.1) is 6.92 Å². The van der Waals surface area contributed by atoms with Gasteiger partial charge >= 0.3 is 0 Å². The van der Waals surface area contributed by atoms with Gasteiger partial charge in [-0.2, -0.15) is 0 Å². The molecule has 0 unspecified atom stereocenters. The minimum absolute atomic E-state index is 0.0809. The van der Waals surface area contributed by atoms with Crippen molar-refractivity contribution < 1.29 is 4.79 Å². The Morgan fingerprint density at radius 1 is 1.30 bits per heavy atom. The number of hydrogen-bond donors (Lipinski definition) is 2. The van der Waals surface area contributed by atoms with Crippen molar-refractivity contribution in [3.05, 3.63) is 51.7 Å². The monoisotopic (exact) mass is 288 g/mol. The van der Waals surface area contributed by atoms with Crippen LogP contribution in [0.2, 0.25) is 0 Å². The van der Waals surface area contributed by atoms with Gasteiger partial charge in [0.2, 0.25) is 0 Å². The number of amides is 1. The highest BCUT2D eigenvalue weighted by atomic mass is 32.1. The van der Waals surface area contributed by atoms with Crippen LogP contribution >= 0.6 is 11.3 Å². The Kier molecular flexibility index (Phi) is 4.14. The summed E-state index contributed by atoms with van der Waals surface area (Å²) in [5.74, 6) is -0.115. The van der Waals surface area contributed by atoms with E-state index in [9.17, 15) is 4.79 Å². The van der Waals surface area contributed by atoms with Crippen LogP contribution in [0.5, 0.6) is 0 Å². The summed E-state index contributed by atoms with van der Waals surface area (Å²) >= 11 is 1.71. The largest absolute Gasteiger partial charge is 0.398 e. The first kappa shape index (κ1) is 14.6. The molecule has 106 valence electrons. The van der Waals surface area contributed by atoms with E-state index in [0.29, 0.717) is 17.8 Å². The zero-order valence-corrected chi connectivity index (χ0v) is 12.9. The number of rotatable bonds is 4. The van der Waals surface area contributed by atoms with E-state index in [1.54, 1.807) is 17.4 Å². The highest BCUT2D eigenvalue weighted by molar-refractivity contribution is 7.10. The van der Waals surface area contributed by atoms with E-state index >= 15 is 0 Å². The number of thiophene rings is 1. The summed E-state index contributed by atoms with van der Waals surface area (Å²) in [6.45, 7) is 6.73. The molecule has 20 heavy (non-hydrogen) atoms. The maximum absolute atomic E-state index is 12.2. The molecular formula is C16H20N2OS. The van der Waals surface area contributed by atoms with E-state index in [4.69, 9.17) is 5.73 Å². The van der Waals surface area contributed by atoms with Crippen LogP contribution in [0.1, 0.15) is 34.6 Å². The Morgan fingerprint density at radius 2 is 2.05 bits per heavy atom. The Bertz CT molecular complexity index is 603. The van der Waals surface area contributed by atoms with E-state index in [1.165, 1.54) is 4.88 Å². The number of benzene rings is 1. The summed E-state index contributed by atoms with van der Waals surface area (Å²) in [6, 6.07) is 9.64. The molecule has 0 atom stereocenters. The molecule has 0 spiro atoms. The number of nitrogen functional groups attached to an aromatic ring is 1. The normalized spacial score (nSPS) is 11.3. The van der Waals surface area contributed by atoms with Gasteiger partial charge in [0.15, 0.2) is 0 Å². The molecule has 0 saturated carbocycles. The van der Waals surface area contributed by atoms with Crippen LogP contribution < -0.4 is 11.1 Å². The Hall–Kier alpha value is -1.81. The molecule has 4 heteroatoms. The van der Waals surface area contributed by atoms with Gasteiger partial charge in [0.05, 0.1) is 5.56 Å². The second kappa shape index (κ2) is 5.67. The van der Waals surface area contributed by atoms with Gasteiger partial charge in [-0.15, -0.1) is 11.3 Å². The van der Waals surface area contributed by atoms with E-state index in [2.05, 4.69) is 30.6 Å². The highest BCUT2D eigenvalue weighted by Gasteiger charge is 2.23. The fraction of sp³-hybridized carbons (Fsp3) is 0.312. The number of nitrogens with two attached hydrogens (primary N) is 1. The molecule has 1 aromatic carbocycles. The number of anilines is 1. The Balaban J connectivity index is 2.08. The Labute approximate surface area is 123 Å². The van der Waals surface area contributed by atoms with Gasteiger partial charge < -0.3 is 11.1 Å². The maximum Gasteiger partial charge on any atom is 0.253 e. The second-order valence-electron chi connectivity index (χ2n) is 5.58. The minimum atomic E-state index is -0.115. The lowest BCUT2D eigenvalue weighted by atomic mass is 9.91. The third-order valence-corrected chi connectivity index (χ3v) is 4.68. The third kappa shape index (κ3) is 3.02. The molecule has 1 heterocycles. The van der Waals surface area contributed by atoms with Crippen molar-refractivity contribution in [2.75, 3.05) is 12.3 Å². The number of para-hydroxylation sites is 1. The van der Waals surface area contributed by atoms with Gasteiger partial charge in [0.1, 0.15) is 0 Å². The van der Waals surface area contributed by atoms with Crippen LogP contribution in [0.25, 0.3) is 0 Å². The fourth-order valence-electron chi connectivity index (χ4n) is 2.03. The smallest absolute Gasteiger partial charge is 0.253 e. The zero-order valence-electron chi connectivity index (χ0n) is 12.1. The van der Waals surface area contributed by atoms with Crippen molar-refractivity contribution in [1.29, 1.82) is 0 Å². The van der Waals surface area contributed by atoms with Crippen molar-refractivity contribution >= 4 is 22.9 Å². The van der Waals surface area contributed by atoms with E-state index in [1.807, 2.05) is 25.1 Å². The van der Waals surface area contributed by atoms with Crippen LogP contribution in [0.3, 0.4) is 0 Å². The molecule has 0 bridgehead atoms. The second-order valence-corrected chi connectivity index (χ2v) is 6.53. The molecule has 2 aromatic rings. The first-order valence-electron chi connectivity index (χ1n) is 6.59. The predicted octanol–water partition coefficient (Wildman–Crippen LogP) is 3.35. The number of nitrogens with one attached hydrogen (secondary N) is 1. The van der Waals surface area contributed by atoms with Crippen LogP contribution in [0.15, 0.2) is 35.7 Å². The summed E-state index contributed by atoms with van der Waals surface area (Å²) in [4.78, 5) is 13.5. The quantitative estimate of drug-likeness (QED) is 0.848. The minimum Gasteiger partial charge on any atom is -0.398 e. The lowest BCUT2D eigenvalue weighted by Crippen LogP contribution is -2.36. The lowest BCUT2D eigenvalue weighted by Gasteiger charge is -2.24. The van der Waals surface area contributed by atoms with Gasteiger partial charge in [-0.05, 0) is 30.0 Å². The fourth-order valence-corrected chi connectivity index (χ4v) is 2.88. The molecule has 3 nitrogen and oxygen atoms in total. The van der Waals surface area contributed by atoms with Crippen LogP contribution in [-0.2, 0) is 5.41 Å². The van der Waals surface area contributed by atoms with Gasteiger partial charge in [-0.25, -0.2) is 0 Å². The number of hydrogen-bond acceptors (Lipinski definition) is 3. The lowest BCUT2D eigenvalue weighted by molar-refractivity contribution is 0.0946. The number of carbonyl (C=O) groups excluding carboxylic acids is 1. The highest BCUT2D eigenvalue weighted by Crippen LogP contribution is 2.27. The van der Waals surface area contributed by atoms with E-state index in [-0.39, 0.29) is 11.3 Å². The number of carbonyl (C=O) groups is 1. The summed E-state index contributed by atoms with van der Waals surface area (Å²) in [6.07, 6.45) is 0. The average Bonchev–Trinajstić information content (AvgIpc) is 2.94. The molecule has 1 amide bonds. The number of aryl methyl sites for hydroxylation is 1. The summed E-state index contributed by atoms with van der Waals surface area (Å²) in [5.41, 5.74) is 7.91. The molecular weight excluding hydrogens is 268 g/mol. The van der Waals surface area contributed by atoms with Gasteiger partial charge in [0, 0.05) is 22.5 Å². The van der Waals surface area contributed by atoms with E-state index < -0.39 is 0 Å². The maximum atomic E-state index is 12.2. The molecule has 0 saturated heterocycles. The van der Waals surface area contributed by atoms with Crippen molar-refractivity contribution in [1.82, 2.24) is 5.32 Å². The van der Waals surface area contributed by atoms with Crippen LogP contribution in [-0.4, -0.2) is 12.5 Å². The molecule has 1 aromatic heterocycles. The zero-order chi connectivity index (χ0) is 14.8. The molecule has 0 aliphatic rings. The Morgan fingerprint density at radius 3 is 2.70 bits per heavy atom. The third-order valence-electron chi connectivity index (χ3n) is 3.45. The van der Waals surface area contributed by atoms with Crippen molar-refractivity contribution in [2.24, 2.45) is 0 Å². The average molecular weight is 288 g/mol. The van der Waals surface area contributed by atoms with Gasteiger partial charge in [-0.1, -0.05) is 32.0 Å². The van der Waals surface area contributed by atoms with Crippen molar-refractivity contribution in [2.45, 2.75) is 26.2 Å². The SMILES string of the molecule is Cc1cccc(C(=O)NCC(C)(C)c2cccs2)c1N. The standard InChI is InChI=1S/C16H20N2OS/c1-11-6-4-7-12(14(11)17)15(19)18-10-16(2,3)13-8-5-9-20-13/h4-9H,10,17H2,1-3H3,(H,18,19).